The number of aliphatic hydroxyl groups is 1. The summed E-state index contributed by atoms with van der Waals surface area (Å²) in [6.07, 6.45) is 1.02. The van der Waals surface area contributed by atoms with Crippen LogP contribution in [0, 0.1) is 0 Å². The van der Waals surface area contributed by atoms with Crippen LogP contribution in [0.4, 0.5) is 0 Å². The maximum absolute atomic E-state index is 10.1. The third kappa shape index (κ3) is 2.17. The molecule has 1 aromatic carbocycles. The van der Waals surface area contributed by atoms with Crippen molar-refractivity contribution in [3.05, 3.63) is 33.4 Å². The zero-order chi connectivity index (χ0) is 12.6. The summed E-state index contributed by atoms with van der Waals surface area (Å²) in [5.41, 5.74) is 2.81. The van der Waals surface area contributed by atoms with Gasteiger partial charge in [-0.15, -0.1) is 0 Å². The first kappa shape index (κ1) is 12.7. The minimum atomic E-state index is -0.478. The summed E-state index contributed by atoms with van der Waals surface area (Å²) in [6.45, 7) is 4.00. The molecule has 0 saturated carbocycles. The van der Waals surface area contributed by atoms with Crippen molar-refractivity contribution in [2.24, 2.45) is 0 Å². The SMILES string of the molecule is CCc1[nH]c2c(Cl)cc(Cl)cc2c1C(O)CC. The molecule has 0 aliphatic rings. The lowest BCUT2D eigenvalue weighted by Crippen LogP contribution is -1.98. The van der Waals surface area contributed by atoms with Crippen LogP contribution < -0.4 is 0 Å². The second-order valence-electron chi connectivity index (χ2n) is 4.11. The highest BCUT2D eigenvalue weighted by Crippen LogP contribution is 2.35. The highest BCUT2D eigenvalue weighted by Gasteiger charge is 2.18. The van der Waals surface area contributed by atoms with E-state index in [0.717, 1.165) is 28.6 Å². The topological polar surface area (TPSA) is 36.0 Å². The number of aromatic nitrogens is 1. The number of H-pyrrole nitrogens is 1. The van der Waals surface area contributed by atoms with Crippen LogP contribution in [-0.4, -0.2) is 10.1 Å². The Balaban J connectivity index is 2.78. The molecule has 17 heavy (non-hydrogen) atoms. The van der Waals surface area contributed by atoms with Gasteiger partial charge in [0.05, 0.1) is 16.6 Å². The number of fused-ring (bicyclic) bond motifs is 1. The van der Waals surface area contributed by atoms with E-state index in [1.54, 1.807) is 6.07 Å². The van der Waals surface area contributed by atoms with Crippen molar-refractivity contribution in [3.63, 3.8) is 0 Å². The first-order chi connectivity index (χ1) is 8.08. The second-order valence-corrected chi connectivity index (χ2v) is 4.95. The fourth-order valence-corrected chi connectivity index (χ4v) is 2.70. The molecule has 0 bridgehead atoms. The number of hydrogen-bond acceptors (Lipinski definition) is 1. The van der Waals surface area contributed by atoms with Gasteiger partial charge in [-0.1, -0.05) is 37.0 Å². The number of aromatic amines is 1. The first-order valence-electron chi connectivity index (χ1n) is 5.76. The van der Waals surface area contributed by atoms with Crippen molar-refractivity contribution < 1.29 is 5.11 Å². The normalized spacial score (nSPS) is 13.2. The van der Waals surface area contributed by atoms with E-state index in [4.69, 9.17) is 23.2 Å². The molecule has 0 aliphatic carbocycles. The van der Waals surface area contributed by atoms with E-state index in [2.05, 4.69) is 4.98 Å². The predicted octanol–water partition coefficient (Wildman–Crippen LogP) is 4.48. The zero-order valence-corrected chi connectivity index (χ0v) is 11.4. The first-order valence-corrected chi connectivity index (χ1v) is 6.51. The van der Waals surface area contributed by atoms with Crippen molar-refractivity contribution >= 4 is 34.1 Å². The van der Waals surface area contributed by atoms with E-state index < -0.39 is 6.10 Å². The summed E-state index contributed by atoms with van der Waals surface area (Å²) in [5, 5.41) is 12.2. The largest absolute Gasteiger partial charge is 0.388 e. The Morgan fingerprint density at radius 3 is 2.59 bits per heavy atom. The van der Waals surface area contributed by atoms with Crippen molar-refractivity contribution in [2.45, 2.75) is 32.8 Å². The summed E-state index contributed by atoms with van der Waals surface area (Å²) < 4.78 is 0. The minimum absolute atomic E-state index is 0.478. The molecule has 1 heterocycles. The van der Waals surface area contributed by atoms with E-state index in [0.29, 0.717) is 16.5 Å². The van der Waals surface area contributed by atoms with Gasteiger partial charge in [-0.2, -0.15) is 0 Å². The maximum atomic E-state index is 10.1. The lowest BCUT2D eigenvalue weighted by molar-refractivity contribution is 0.174. The van der Waals surface area contributed by atoms with Crippen LogP contribution in [0.1, 0.15) is 37.6 Å². The number of nitrogens with one attached hydrogen (secondary N) is 1. The van der Waals surface area contributed by atoms with Gasteiger partial charge in [-0.25, -0.2) is 0 Å². The number of hydrogen-bond donors (Lipinski definition) is 2. The molecular weight excluding hydrogens is 257 g/mol. The Hall–Kier alpha value is -0.700. The molecule has 0 saturated heterocycles. The lowest BCUT2D eigenvalue weighted by atomic mass is 10.0. The molecule has 2 N–H and O–H groups in total. The van der Waals surface area contributed by atoms with E-state index in [9.17, 15) is 5.11 Å². The van der Waals surface area contributed by atoms with E-state index >= 15 is 0 Å². The van der Waals surface area contributed by atoms with Gasteiger partial charge < -0.3 is 10.1 Å². The van der Waals surface area contributed by atoms with Gasteiger partial charge in [0.15, 0.2) is 0 Å². The van der Waals surface area contributed by atoms with Crippen molar-refractivity contribution in [1.82, 2.24) is 4.98 Å². The smallest absolute Gasteiger partial charge is 0.0810 e. The second kappa shape index (κ2) is 4.89. The highest BCUT2D eigenvalue weighted by atomic mass is 35.5. The van der Waals surface area contributed by atoms with Crippen LogP contribution in [0.5, 0.6) is 0 Å². The van der Waals surface area contributed by atoms with Gasteiger partial charge in [0.25, 0.3) is 0 Å². The van der Waals surface area contributed by atoms with Crippen LogP contribution in [0.2, 0.25) is 10.0 Å². The summed E-state index contributed by atoms with van der Waals surface area (Å²) >= 11 is 12.2. The Morgan fingerprint density at radius 1 is 1.29 bits per heavy atom. The predicted molar refractivity (Wildman–Crippen MR) is 72.9 cm³/mol. The summed E-state index contributed by atoms with van der Waals surface area (Å²) in [7, 11) is 0. The molecule has 2 nitrogen and oxygen atoms in total. The van der Waals surface area contributed by atoms with Crippen molar-refractivity contribution in [3.8, 4) is 0 Å². The fourth-order valence-electron chi connectivity index (χ4n) is 2.16. The Kier molecular flexibility index (Phi) is 3.67. The number of halogens is 2. The molecule has 0 fully saturated rings. The van der Waals surface area contributed by atoms with Gasteiger partial charge in [0.2, 0.25) is 0 Å². The monoisotopic (exact) mass is 271 g/mol. The summed E-state index contributed by atoms with van der Waals surface area (Å²) in [5.74, 6) is 0. The van der Waals surface area contributed by atoms with E-state index in [1.807, 2.05) is 19.9 Å². The van der Waals surface area contributed by atoms with Gasteiger partial charge in [0, 0.05) is 21.7 Å². The maximum Gasteiger partial charge on any atom is 0.0810 e. The Morgan fingerprint density at radius 2 is 2.00 bits per heavy atom. The minimum Gasteiger partial charge on any atom is -0.388 e. The molecule has 0 radical (unpaired) electrons. The van der Waals surface area contributed by atoms with Gasteiger partial charge in [0.1, 0.15) is 0 Å². The number of rotatable bonds is 3. The molecule has 4 heteroatoms. The van der Waals surface area contributed by atoms with Crippen LogP contribution >= 0.6 is 23.2 Å². The number of benzene rings is 1. The molecule has 1 aromatic heterocycles. The quantitative estimate of drug-likeness (QED) is 0.849. The average Bonchev–Trinajstić information content (AvgIpc) is 2.66. The van der Waals surface area contributed by atoms with Crippen molar-refractivity contribution in [2.75, 3.05) is 0 Å². The molecule has 0 aliphatic heterocycles. The summed E-state index contributed by atoms with van der Waals surface area (Å²) in [6, 6.07) is 3.57. The Labute approximate surface area is 111 Å². The lowest BCUT2D eigenvalue weighted by Gasteiger charge is -2.09. The highest BCUT2D eigenvalue weighted by molar-refractivity contribution is 6.38. The molecule has 2 rings (SSSR count). The molecule has 0 amide bonds. The molecule has 92 valence electrons. The molecular formula is C13H15Cl2NO. The van der Waals surface area contributed by atoms with Crippen LogP contribution in [0.25, 0.3) is 10.9 Å². The molecule has 1 atom stereocenters. The van der Waals surface area contributed by atoms with Crippen LogP contribution in [-0.2, 0) is 6.42 Å². The zero-order valence-electron chi connectivity index (χ0n) is 9.85. The number of aryl methyl sites for hydroxylation is 1. The van der Waals surface area contributed by atoms with Crippen LogP contribution in [0.15, 0.2) is 12.1 Å². The standard InChI is InChI=1S/C13H15Cl2NO/c1-3-10-12(11(17)4-2)8-5-7(14)6-9(15)13(8)16-10/h5-6,11,16-17H,3-4H2,1-2H3. The van der Waals surface area contributed by atoms with Gasteiger partial charge >= 0.3 is 0 Å². The van der Waals surface area contributed by atoms with E-state index in [-0.39, 0.29) is 0 Å². The van der Waals surface area contributed by atoms with Gasteiger partial charge in [-0.3, -0.25) is 0 Å². The third-order valence-electron chi connectivity index (χ3n) is 3.02. The molecule has 2 aromatic rings. The fraction of sp³-hybridized carbons (Fsp3) is 0.385. The van der Waals surface area contributed by atoms with E-state index in [1.165, 1.54) is 0 Å². The van der Waals surface area contributed by atoms with Crippen molar-refractivity contribution in [1.29, 1.82) is 0 Å². The average molecular weight is 272 g/mol. The third-order valence-corrected chi connectivity index (χ3v) is 3.54. The van der Waals surface area contributed by atoms with Gasteiger partial charge in [-0.05, 0) is 25.0 Å². The summed E-state index contributed by atoms with van der Waals surface area (Å²) in [4.78, 5) is 3.27. The Bertz CT molecular complexity index is 548. The molecule has 0 spiro atoms. The van der Waals surface area contributed by atoms with Crippen LogP contribution in [0.3, 0.4) is 0 Å². The number of aliphatic hydroxyl groups excluding tert-OH is 1. The molecule has 1 unspecified atom stereocenters.